The fraction of sp³-hybridized carbons (Fsp3) is 0.300. The molecule has 1 amide bonds. The summed E-state index contributed by atoms with van der Waals surface area (Å²) in [6.45, 7) is 0.997. The molecule has 1 aromatic carbocycles. The molecular formula is C20H19BrF2N4OS. The molecule has 1 aliphatic rings. The molecule has 152 valence electrons. The predicted molar refractivity (Wildman–Crippen MR) is 112 cm³/mol. The van der Waals surface area contributed by atoms with Gasteiger partial charge in [0.25, 0.3) is 5.91 Å². The van der Waals surface area contributed by atoms with Gasteiger partial charge in [-0.3, -0.25) is 9.48 Å². The number of carbonyl (C=O) groups excluding carboxylic acids is 1. The summed E-state index contributed by atoms with van der Waals surface area (Å²) in [6.07, 6.45) is 3.85. The zero-order chi connectivity index (χ0) is 20.5. The van der Waals surface area contributed by atoms with Crippen LogP contribution >= 0.6 is 27.3 Å². The van der Waals surface area contributed by atoms with Gasteiger partial charge in [-0.15, -0.1) is 11.3 Å². The molecule has 9 heteroatoms. The van der Waals surface area contributed by atoms with Crippen molar-refractivity contribution in [2.45, 2.75) is 31.8 Å². The number of thiophene rings is 1. The highest BCUT2D eigenvalue weighted by molar-refractivity contribution is 9.10. The van der Waals surface area contributed by atoms with Crippen molar-refractivity contribution < 1.29 is 13.6 Å². The number of amides is 1. The van der Waals surface area contributed by atoms with Crippen LogP contribution in [0.5, 0.6) is 0 Å². The Bertz CT molecular complexity index is 1040. The van der Waals surface area contributed by atoms with Gasteiger partial charge in [0.2, 0.25) is 0 Å². The largest absolute Gasteiger partial charge is 0.347 e. The number of nitrogens with two attached hydrogens (primary N) is 1. The van der Waals surface area contributed by atoms with Crippen LogP contribution in [0.2, 0.25) is 0 Å². The molecular weight excluding hydrogens is 462 g/mol. The summed E-state index contributed by atoms with van der Waals surface area (Å²) in [5.41, 5.74) is 8.24. The molecule has 3 N–H and O–H groups in total. The second-order valence-corrected chi connectivity index (χ2v) is 8.99. The first-order valence-corrected chi connectivity index (χ1v) is 10.9. The van der Waals surface area contributed by atoms with Gasteiger partial charge < -0.3 is 11.1 Å². The Kier molecular flexibility index (Phi) is 5.80. The minimum Gasteiger partial charge on any atom is -0.347 e. The third-order valence-electron chi connectivity index (χ3n) is 4.88. The molecule has 0 aliphatic carbocycles. The fourth-order valence-corrected chi connectivity index (χ4v) is 5.19. The minimum absolute atomic E-state index is 0.160. The highest BCUT2D eigenvalue weighted by Gasteiger charge is 2.24. The molecule has 1 aliphatic heterocycles. The number of aromatic nitrogens is 2. The zero-order valence-corrected chi connectivity index (χ0v) is 17.8. The number of fused-ring (bicyclic) bond motifs is 3. The van der Waals surface area contributed by atoms with Crippen LogP contribution in [0.4, 0.5) is 8.78 Å². The fourth-order valence-electron chi connectivity index (χ4n) is 3.58. The molecule has 0 bridgehead atoms. The third kappa shape index (κ3) is 4.26. The summed E-state index contributed by atoms with van der Waals surface area (Å²) in [7, 11) is 0. The highest BCUT2D eigenvalue weighted by Crippen LogP contribution is 2.38. The van der Waals surface area contributed by atoms with Gasteiger partial charge in [-0.2, -0.15) is 5.10 Å². The molecule has 3 aromatic rings. The van der Waals surface area contributed by atoms with Gasteiger partial charge in [-0.1, -0.05) is 0 Å². The molecule has 0 spiro atoms. The molecule has 5 nitrogen and oxygen atoms in total. The van der Waals surface area contributed by atoms with Crippen LogP contribution in [0.3, 0.4) is 0 Å². The first kappa shape index (κ1) is 20.2. The maximum atomic E-state index is 13.4. The lowest BCUT2D eigenvalue weighted by atomic mass is 10.1. The SMILES string of the molecule is NCC(Cc1cc(F)cc(F)c1)NC(=O)c1cc2c(s1)CCCn1ncc(Br)c1-2. The quantitative estimate of drug-likeness (QED) is 0.581. The van der Waals surface area contributed by atoms with Crippen molar-refractivity contribution in [3.63, 3.8) is 0 Å². The van der Waals surface area contributed by atoms with E-state index in [0.717, 1.165) is 46.1 Å². The Hall–Kier alpha value is -2.10. The van der Waals surface area contributed by atoms with Crippen molar-refractivity contribution in [1.29, 1.82) is 0 Å². The molecule has 0 radical (unpaired) electrons. The lowest BCUT2D eigenvalue weighted by molar-refractivity contribution is 0.0942. The van der Waals surface area contributed by atoms with E-state index in [0.29, 0.717) is 10.4 Å². The van der Waals surface area contributed by atoms with Crippen molar-refractivity contribution in [3.8, 4) is 11.3 Å². The summed E-state index contributed by atoms with van der Waals surface area (Å²) >= 11 is 5.01. The van der Waals surface area contributed by atoms with Gasteiger partial charge in [-0.05, 0) is 59.0 Å². The van der Waals surface area contributed by atoms with Gasteiger partial charge >= 0.3 is 0 Å². The topological polar surface area (TPSA) is 72.9 Å². The van der Waals surface area contributed by atoms with Crippen LogP contribution in [0.15, 0.2) is 34.9 Å². The molecule has 2 aromatic heterocycles. The van der Waals surface area contributed by atoms with Crippen molar-refractivity contribution in [2.24, 2.45) is 5.73 Å². The number of hydrogen-bond acceptors (Lipinski definition) is 4. The van der Waals surface area contributed by atoms with E-state index in [2.05, 4.69) is 26.3 Å². The highest BCUT2D eigenvalue weighted by atomic mass is 79.9. The normalized spacial score (nSPS) is 14.1. The molecule has 0 saturated heterocycles. The summed E-state index contributed by atoms with van der Waals surface area (Å²) in [4.78, 5) is 14.6. The maximum absolute atomic E-state index is 13.4. The van der Waals surface area contributed by atoms with Gasteiger partial charge in [0.15, 0.2) is 0 Å². The van der Waals surface area contributed by atoms with E-state index in [4.69, 9.17) is 5.73 Å². The molecule has 29 heavy (non-hydrogen) atoms. The number of nitrogens with zero attached hydrogens (tertiary/aromatic N) is 2. The molecule has 4 rings (SSSR count). The molecule has 3 heterocycles. The second-order valence-electron chi connectivity index (χ2n) is 7.00. The maximum Gasteiger partial charge on any atom is 0.261 e. The Morgan fingerprint density at radius 1 is 1.31 bits per heavy atom. The number of nitrogens with one attached hydrogen (secondary N) is 1. The third-order valence-corrected chi connectivity index (χ3v) is 6.65. The van der Waals surface area contributed by atoms with Crippen molar-refractivity contribution >= 4 is 33.2 Å². The average molecular weight is 481 g/mol. The van der Waals surface area contributed by atoms with Crippen LogP contribution in [-0.4, -0.2) is 28.3 Å². The van der Waals surface area contributed by atoms with Crippen LogP contribution in [0, 0.1) is 11.6 Å². The lowest BCUT2D eigenvalue weighted by Gasteiger charge is -2.16. The monoisotopic (exact) mass is 480 g/mol. The summed E-state index contributed by atoms with van der Waals surface area (Å²) in [6, 6.07) is 4.78. The summed E-state index contributed by atoms with van der Waals surface area (Å²) < 4.78 is 29.7. The second kappa shape index (κ2) is 8.33. The number of aryl methyl sites for hydroxylation is 2. The Balaban J connectivity index is 1.54. The van der Waals surface area contributed by atoms with Crippen LogP contribution in [-0.2, 0) is 19.4 Å². The van der Waals surface area contributed by atoms with Gasteiger partial charge in [-0.25, -0.2) is 8.78 Å². The van der Waals surface area contributed by atoms with E-state index in [1.807, 2.05) is 10.7 Å². The molecule has 0 saturated carbocycles. The van der Waals surface area contributed by atoms with Crippen LogP contribution in [0.1, 0.15) is 26.5 Å². The lowest BCUT2D eigenvalue weighted by Crippen LogP contribution is -2.41. The number of halogens is 3. The van der Waals surface area contributed by atoms with E-state index in [1.54, 1.807) is 6.20 Å². The number of benzene rings is 1. The standard InChI is InChI=1S/C20H19BrF2N4OS/c21-16-10-25-27-3-1-2-17-15(19(16)27)8-18(29-17)20(28)26-14(9-24)6-11-4-12(22)7-13(23)5-11/h4-5,7-8,10,14H,1-3,6,9,24H2,(H,26,28). The Morgan fingerprint density at radius 2 is 2.07 bits per heavy atom. The van der Waals surface area contributed by atoms with Crippen molar-refractivity contribution in [3.05, 3.63) is 61.9 Å². The van der Waals surface area contributed by atoms with Gasteiger partial charge in [0.1, 0.15) is 11.6 Å². The van der Waals surface area contributed by atoms with E-state index in [9.17, 15) is 13.6 Å². The Labute approximate surface area is 179 Å². The molecule has 0 fully saturated rings. The zero-order valence-electron chi connectivity index (χ0n) is 15.4. The van der Waals surface area contributed by atoms with Gasteiger partial charge in [0.05, 0.1) is 21.2 Å². The van der Waals surface area contributed by atoms with Gasteiger partial charge in [0, 0.05) is 35.6 Å². The van der Waals surface area contributed by atoms with E-state index in [-0.39, 0.29) is 18.9 Å². The number of rotatable bonds is 5. The molecule has 1 unspecified atom stereocenters. The first-order chi connectivity index (χ1) is 13.9. The van der Waals surface area contributed by atoms with Crippen LogP contribution in [0.25, 0.3) is 11.3 Å². The average Bonchev–Trinajstić information content (AvgIpc) is 3.19. The predicted octanol–water partition coefficient (Wildman–Crippen LogP) is 3.90. The van der Waals surface area contributed by atoms with E-state index >= 15 is 0 Å². The summed E-state index contributed by atoms with van der Waals surface area (Å²) in [5.74, 6) is -1.53. The van der Waals surface area contributed by atoms with Crippen molar-refractivity contribution in [2.75, 3.05) is 6.54 Å². The van der Waals surface area contributed by atoms with Crippen molar-refractivity contribution in [1.82, 2.24) is 15.1 Å². The van der Waals surface area contributed by atoms with E-state index < -0.39 is 17.7 Å². The molecule has 1 atom stereocenters. The minimum atomic E-state index is -0.647. The van der Waals surface area contributed by atoms with E-state index in [1.165, 1.54) is 23.5 Å². The summed E-state index contributed by atoms with van der Waals surface area (Å²) in [5, 5.41) is 7.28. The number of carbonyl (C=O) groups is 1. The Morgan fingerprint density at radius 3 is 2.79 bits per heavy atom. The smallest absolute Gasteiger partial charge is 0.261 e. The first-order valence-electron chi connectivity index (χ1n) is 9.25. The number of hydrogen-bond donors (Lipinski definition) is 2. The van der Waals surface area contributed by atoms with Crippen LogP contribution < -0.4 is 11.1 Å².